The minimum atomic E-state index is -4.87. The monoisotopic (exact) mass is 642 g/mol. The lowest BCUT2D eigenvalue weighted by atomic mass is 10.2. The molecule has 0 saturated carbocycles. The molecule has 18 heteroatoms. The molecular formula is C24H30N6O9S3. The van der Waals surface area contributed by atoms with Crippen LogP contribution in [0.5, 0.6) is 0 Å². The van der Waals surface area contributed by atoms with E-state index in [4.69, 9.17) is 0 Å². The molecule has 5 N–H and O–H groups in total. The highest BCUT2D eigenvalue weighted by Gasteiger charge is 2.22. The Labute approximate surface area is 244 Å². The lowest BCUT2D eigenvalue weighted by molar-refractivity contribution is 0.479. The van der Waals surface area contributed by atoms with Crippen LogP contribution in [0.15, 0.2) is 57.2 Å². The predicted octanol–water partition coefficient (Wildman–Crippen LogP) is 3.76. The van der Waals surface area contributed by atoms with E-state index in [0.29, 0.717) is 25.9 Å². The zero-order chi connectivity index (χ0) is 31.3. The molecule has 0 fully saturated rings. The van der Waals surface area contributed by atoms with Crippen LogP contribution in [0, 0.1) is 0 Å². The van der Waals surface area contributed by atoms with Gasteiger partial charge in [-0.25, -0.2) is 0 Å². The number of hydrogen-bond acceptors (Lipinski definition) is 12. The standard InChI is InChI=1S/C24H30N6O9S3/c1-4-7-16-8-9-17(14-21(16)42(37,38)39)25-22-27-23(29-24(28-22)30(12-5-2)13-6-3)26-19-15-18(40(31,32)33)10-11-20(19)41(34,35)36/h4,7-11,14-15H,5-6,12-13H2,1-3H3,(H,31,32,33)(H,34,35,36)(H,37,38,39)(H2,25,26,27,28,29)/b7-4+. The zero-order valence-electron chi connectivity index (χ0n) is 22.8. The van der Waals surface area contributed by atoms with Gasteiger partial charge >= 0.3 is 0 Å². The molecule has 3 rings (SSSR count). The molecule has 3 aromatic rings. The Morgan fingerprint density at radius 3 is 1.88 bits per heavy atom. The van der Waals surface area contributed by atoms with Crippen molar-refractivity contribution in [3.05, 3.63) is 48.0 Å². The molecule has 0 spiro atoms. The molecule has 1 aromatic heterocycles. The van der Waals surface area contributed by atoms with Gasteiger partial charge in [0.15, 0.2) is 0 Å². The molecule has 0 unspecified atom stereocenters. The van der Waals surface area contributed by atoms with Gasteiger partial charge in [0.2, 0.25) is 17.8 Å². The van der Waals surface area contributed by atoms with Gasteiger partial charge < -0.3 is 15.5 Å². The number of anilines is 5. The molecule has 0 radical (unpaired) electrons. The van der Waals surface area contributed by atoms with Crippen molar-refractivity contribution in [3.63, 3.8) is 0 Å². The van der Waals surface area contributed by atoms with E-state index in [-0.39, 0.29) is 34.0 Å². The van der Waals surface area contributed by atoms with Crippen molar-refractivity contribution in [1.82, 2.24) is 15.0 Å². The number of aromatic nitrogens is 3. The molecule has 42 heavy (non-hydrogen) atoms. The first-order chi connectivity index (χ1) is 19.6. The summed E-state index contributed by atoms with van der Waals surface area (Å²) in [7, 11) is -14.2. The Morgan fingerprint density at radius 2 is 1.36 bits per heavy atom. The van der Waals surface area contributed by atoms with Crippen LogP contribution in [-0.2, 0) is 30.4 Å². The minimum Gasteiger partial charge on any atom is -0.341 e. The Bertz CT molecular complexity index is 1810. The highest BCUT2D eigenvalue weighted by molar-refractivity contribution is 7.86. The van der Waals surface area contributed by atoms with Gasteiger partial charge in [-0.1, -0.05) is 32.1 Å². The lowest BCUT2D eigenvalue weighted by Crippen LogP contribution is -2.27. The molecule has 0 aliphatic carbocycles. The van der Waals surface area contributed by atoms with Crippen molar-refractivity contribution < 1.29 is 38.9 Å². The Kier molecular flexibility index (Phi) is 10.2. The van der Waals surface area contributed by atoms with Crippen molar-refractivity contribution in [2.24, 2.45) is 0 Å². The molecule has 15 nitrogen and oxygen atoms in total. The van der Waals surface area contributed by atoms with Crippen molar-refractivity contribution in [3.8, 4) is 0 Å². The maximum absolute atomic E-state index is 12.0. The summed E-state index contributed by atoms with van der Waals surface area (Å²) in [6, 6.07) is 6.50. The summed E-state index contributed by atoms with van der Waals surface area (Å²) in [6.45, 7) is 6.60. The quantitative estimate of drug-likeness (QED) is 0.167. The largest absolute Gasteiger partial charge is 0.341 e. The lowest BCUT2D eigenvalue weighted by Gasteiger charge is -2.22. The third kappa shape index (κ3) is 8.43. The van der Waals surface area contributed by atoms with Gasteiger partial charge in [0, 0.05) is 18.8 Å². The average molecular weight is 643 g/mol. The molecule has 0 aliphatic heterocycles. The number of rotatable bonds is 13. The minimum absolute atomic E-state index is 0.126. The zero-order valence-corrected chi connectivity index (χ0v) is 25.2. The number of allylic oxidation sites excluding steroid dienone is 1. The van der Waals surface area contributed by atoms with Crippen LogP contribution >= 0.6 is 0 Å². The summed E-state index contributed by atoms with van der Waals surface area (Å²) in [5.74, 6) is -0.268. The smallest absolute Gasteiger partial charge is 0.296 e. The molecule has 0 bridgehead atoms. The van der Waals surface area contributed by atoms with Gasteiger partial charge in [-0.3, -0.25) is 13.7 Å². The van der Waals surface area contributed by atoms with Crippen molar-refractivity contribution in [2.75, 3.05) is 28.6 Å². The first-order valence-corrected chi connectivity index (χ1v) is 16.8. The van der Waals surface area contributed by atoms with E-state index >= 15 is 0 Å². The van der Waals surface area contributed by atoms with Crippen LogP contribution in [0.25, 0.3) is 6.08 Å². The van der Waals surface area contributed by atoms with E-state index in [0.717, 1.165) is 18.2 Å². The van der Waals surface area contributed by atoms with Gasteiger partial charge in [0.25, 0.3) is 30.4 Å². The maximum atomic E-state index is 12.0. The molecule has 2 aromatic carbocycles. The van der Waals surface area contributed by atoms with Gasteiger partial charge in [-0.15, -0.1) is 0 Å². The Hall–Kier alpha value is -3.68. The van der Waals surface area contributed by atoms with Crippen LogP contribution in [0.1, 0.15) is 39.2 Å². The number of hydrogen-bond donors (Lipinski definition) is 5. The molecular weight excluding hydrogens is 612 g/mol. The SMILES string of the molecule is C/C=C/c1ccc(Nc2nc(Nc3cc(S(=O)(=O)O)ccc3S(=O)(=O)O)nc(N(CCC)CCC)n2)cc1S(=O)(=O)O. The second kappa shape index (κ2) is 13.1. The van der Waals surface area contributed by atoms with E-state index in [1.54, 1.807) is 13.0 Å². The number of nitrogens with one attached hydrogen (secondary N) is 2. The first kappa shape index (κ1) is 32.8. The van der Waals surface area contributed by atoms with Crippen molar-refractivity contribution in [2.45, 2.75) is 48.3 Å². The second-order valence-electron chi connectivity index (χ2n) is 8.86. The van der Waals surface area contributed by atoms with Crippen LogP contribution in [0.2, 0.25) is 0 Å². The highest BCUT2D eigenvalue weighted by atomic mass is 32.2. The van der Waals surface area contributed by atoms with Crippen LogP contribution in [0.3, 0.4) is 0 Å². The van der Waals surface area contributed by atoms with Gasteiger partial charge in [-0.2, -0.15) is 40.2 Å². The number of benzene rings is 2. The van der Waals surface area contributed by atoms with E-state index < -0.39 is 45.8 Å². The van der Waals surface area contributed by atoms with E-state index in [2.05, 4.69) is 25.6 Å². The van der Waals surface area contributed by atoms with Crippen LogP contribution in [-0.4, -0.2) is 67.0 Å². The van der Waals surface area contributed by atoms with Crippen molar-refractivity contribution >= 4 is 65.7 Å². The summed E-state index contributed by atoms with van der Waals surface area (Å²) in [6.07, 6.45) is 4.52. The first-order valence-electron chi connectivity index (χ1n) is 12.4. The van der Waals surface area contributed by atoms with E-state index in [9.17, 15) is 38.9 Å². The predicted molar refractivity (Wildman–Crippen MR) is 156 cm³/mol. The number of nitrogens with zero attached hydrogens (tertiary/aromatic N) is 4. The molecule has 228 valence electrons. The molecule has 0 amide bonds. The summed E-state index contributed by atoms with van der Waals surface area (Å²) < 4.78 is 100. The molecule has 1 heterocycles. The fraction of sp³-hybridized carbons (Fsp3) is 0.292. The molecule has 0 atom stereocenters. The molecule has 0 saturated heterocycles. The topological polar surface area (TPSA) is 229 Å². The maximum Gasteiger partial charge on any atom is 0.296 e. The van der Waals surface area contributed by atoms with Crippen LogP contribution in [0.4, 0.5) is 29.2 Å². The van der Waals surface area contributed by atoms with E-state index in [1.165, 1.54) is 24.3 Å². The Balaban J connectivity index is 2.19. The summed E-state index contributed by atoms with van der Waals surface area (Å²) >= 11 is 0. The highest BCUT2D eigenvalue weighted by Crippen LogP contribution is 2.29. The fourth-order valence-corrected chi connectivity index (χ4v) is 5.71. The van der Waals surface area contributed by atoms with Gasteiger partial charge in [-0.05, 0) is 55.7 Å². The second-order valence-corrected chi connectivity index (χ2v) is 13.1. The Morgan fingerprint density at radius 1 is 0.762 bits per heavy atom. The fourth-order valence-electron chi connectivity index (χ4n) is 3.86. The average Bonchev–Trinajstić information content (AvgIpc) is 2.87. The van der Waals surface area contributed by atoms with E-state index in [1.807, 2.05) is 18.7 Å². The summed E-state index contributed by atoms with van der Waals surface area (Å²) in [5.41, 5.74) is -0.0566. The third-order valence-electron chi connectivity index (χ3n) is 5.56. The summed E-state index contributed by atoms with van der Waals surface area (Å²) in [4.78, 5) is 13.0. The summed E-state index contributed by atoms with van der Waals surface area (Å²) in [5, 5.41) is 5.41. The van der Waals surface area contributed by atoms with Gasteiger partial charge in [0.1, 0.15) is 9.79 Å². The van der Waals surface area contributed by atoms with Crippen LogP contribution < -0.4 is 15.5 Å². The molecule has 0 aliphatic rings. The normalized spacial score (nSPS) is 12.4. The third-order valence-corrected chi connectivity index (χ3v) is 8.23. The van der Waals surface area contributed by atoms with Crippen molar-refractivity contribution in [1.29, 1.82) is 0 Å². The van der Waals surface area contributed by atoms with Gasteiger partial charge in [0.05, 0.1) is 10.6 Å².